The largest absolute Gasteiger partial charge is 0.573 e. The maximum atomic E-state index is 12.9. The molecule has 1 fully saturated rings. The number of imide groups is 1. The van der Waals surface area contributed by atoms with Crippen LogP contribution in [0.15, 0.2) is 24.3 Å². The van der Waals surface area contributed by atoms with Gasteiger partial charge in [-0.2, -0.15) is 0 Å². The summed E-state index contributed by atoms with van der Waals surface area (Å²) in [4.78, 5) is 26.1. The smallest absolute Gasteiger partial charge is 0.406 e. The minimum Gasteiger partial charge on any atom is -0.406 e. The van der Waals surface area contributed by atoms with Crippen LogP contribution in [0, 0.1) is 0 Å². The summed E-state index contributed by atoms with van der Waals surface area (Å²) >= 11 is 2.22. The number of alkyl halides is 3. The zero-order chi connectivity index (χ0) is 19.4. The summed E-state index contributed by atoms with van der Waals surface area (Å²) in [6.45, 7) is -0.367. The number of ether oxygens (including phenoxy) is 1. The van der Waals surface area contributed by atoms with Crippen molar-refractivity contribution in [1.82, 2.24) is 0 Å². The van der Waals surface area contributed by atoms with Gasteiger partial charge in [-0.3, -0.25) is 9.59 Å². The molecule has 1 aliphatic heterocycles. The van der Waals surface area contributed by atoms with E-state index >= 15 is 0 Å². The van der Waals surface area contributed by atoms with Crippen molar-refractivity contribution in [2.75, 3.05) is 29.6 Å². The topological polar surface area (TPSA) is 87.1 Å². The third kappa shape index (κ3) is 4.84. The lowest BCUT2D eigenvalue weighted by atomic mass is 10.3. The first-order chi connectivity index (χ1) is 12.2. The molecule has 1 saturated heterocycles. The quantitative estimate of drug-likeness (QED) is 0.500. The minimum absolute atomic E-state index is 0.130. The molecule has 0 atom stereocenters. The number of hydrogen-bond acceptors (Lipinski definition) is 7. The molecular formula is C15H16F3NO5S2. The van der Waals surface area contributed by atoms with E-state index in [0.29, 0.717) is 0 Å². The van der Waals surface area contributed by atoms with Gasteiger partial charge in [-0.05, 0) is 24.3 Å². The SMILES string of the molecule is O=C1CC(SCCO)(SCCO)C(=O)N1c1ccc(OC(F)(F)F)cc1. The lowest BCUT2D eigenvalue weighted by Gasteiger charge is -2.25. The molecule has 0 saturated carbocycles. The first kappa shape index (κ1) is 20.9. The number of aliphatic hydroxyl groups is 2. The van der Waals surface area contributed by atoms with Crippen LogP contribution in [-0.4, -0.2) is 57.2 Å². The molecule has 26 heavy (non-hydrogen) atoms. The summed E-state index contributed by atoms with van der Waals surface area (Å²) in [6.07, 6.45) is -4.97. The fraction of sp³-hybridized carbons (Fsp3) is 0.467. The van der Waals surface area contributed by atoms with Crippen molar-refractivity contribution < 1.29 is 37.7 Å². The molecule has 1 aromatic carbocycles. The fourth-order valence-electron chi connectivity index (χ4n) is 2.38. The Labute approximate surface area is 155 Å². The summed E-state index contributed by atoms with van der Waals surface area (Å²) < 4.78 is 39.2. The van der Waals surface area contributed by atoms with Crippen LogP contribution in [0.4, 0.5) is 18.9 Å². The predicted octanol–water partition coefficient (Wildman–Crippen LogP) is 2.00. The van der Waals surface area contributed by atoms with Gasteiger partial charge >= 0.3 is 6.36 Å². The molecule has 6 nitrogen and oxygen atoms in total. The van der Waals surface area contributed by atoms with E-state index in [0.717, 1.165) is 40.6 Å². The average Bonchev–Trinajstić information content (AvgIpc) is 2.81. The van der Waals surface area contributed by atoms with Crippen molar-refractivity contribution in [3.05, 3.63) is 24.3 Å². The van der Waals surface area contributed by atoms with E-state index in [1.54, 1.807) is 0 Å². The third-order valence-corrected chi connectivity index (χ3v) is 6.39. The van der Waals surface area contributed by atoms with Crippen molar-refractivity contribution in [2.45, 2.75) is 16.9 Å². The Morgan fingerprint density at radius 1 is 1.08 bits per heavy atom. The Morgan fingerprint density at radius 3 is 2.08 bits per heavy atom. The van der Waals surface area contributed by atoms with Gasteiger partial charge in [0.25, 0.3) is 5.91 Å². The normalized spacial score (nSPS) is 17.0. The number of amides is 2. The first-order valence-corrected chi connectivity index (χ1v) is 9.42. The van der Waals surface area contributed by atoms with Crippen LogP contribution >= 0.6 is 23.5 Å². The molecule has 2 N–H and O–H groups in total. The van der Waals surface area contributed by atoms with Crippen LogP contribution in [0.5, 0.6) is 5.75 Å². The van der Waals surface area contributed by atoms with Gasteiger partial charge in [0, 0.05) is 11.5 Å². The number of aliphatic hydroxyl groups excluding tert-OH is 2. The average molecular weight is 411 g/mol. The van der Waals surface area contributed by atoms with E-state index in [2.05, 4.69) is 4.74 Å². The van der Waals surface area contributed by atoms with Crippen molar-refractivity contribution in [2.24, 2.45) is 0 Å². The number of benzene rings is 1. The molecule has 0 unspecified atom stereocenters. The summed E-state index contributed by atoms with van der Waals surface area (Å²) in [6, 6.07) is 4.43. The molecule has 2 rings (SSSR count). The van der Waals surface area contributed by atoms with Gasteiger partial charge in [-0.25, -0.2) is 4.90 Å². The maximum absolute atomic E-state index is 12.9. The number of carbonyl (C=O) groups is 2. The number of hydrogen-bond donors (Lipinski definition) is 2. The molecule has 1 aliphatic rings. The van der Waals surface area contributed by atoms with Gasteiger partial charge in [0.2, 0.25) is 5.91 Å². The highest BCUT2D eigenvalue weighted by Crippen LogP contribution is 2.47. The third-order valence-electron chi connectivity index (χ3n) is 3.34. The van der Waals surface area contributed by atoms with E-state index in [9.17, 15) is 22.8 Å². The highest BCUT2D eigenvalue weighted by molar-refractivity contribution is 8.19. The summed E-state index contributed by atoms with van der Waals surface area (Å²) in [5, 5.41) is 18.1. The second-order valence-electron chi connectivity index (χ2n) is 5.15. The monoisotopic (exact) mass is 411 g/mol. The van der Waals surface area contributed by atoms with E-state index < -0.39 is 28.0 Å². The molecule has 11 heteroatoms. The van der Waals surface area contributed by atoms with E-state index in [1.807, 2.05) is 0 Å². The van der Waals surface area contributed by atoms with Gasteiger partial charge in [0.05, 0.1) is 25.3 Å². The Hall–Kier alpha value is -1.43. The van der Waals surface area contributed by atoms with E-state index in [1.165, 1.54) is 12.1 Å². The number of rotatable bonds is 8. The summed E-state index contributed by atoms with van der Waals surface area (Å²) in [5.41, 5.74) is 0.130. The van der Waals surface area contributed by atoms with Gasteiger partial charge < -0.3 is 14.9 Å². The van der Waals surface area contributed by atoms with Gasteiger partial charge in [-0.1, -0.05) is 0 Å². The molecule has 1 aromatic rings. The van der Waals surface area contributed by atoms with Crippen LogP contribution in [0.25, 0.3) is 0 Å². The molecule has 144 valence electrons. The second-order valence-corrected chi connectivity index (χ2v) is 8.20. The number of nitrogens with zero attached hydrogens (tertiary/aromatic N) is 1. The Morgan fingerprint density at radius 2 is 1.62 bits per heavy atom. The fourth-order valence-corrected chi connectivity index (χ4v) is 4.94. The van der Waals surface area contributed by atoms with Crippen molar-refractivity contribution in [1.29, 1.82) is 0 Å². The Bertz CT molecular complexity index is 646. The molecular weight excluding hydrogens is 395 g/mol. The second kappa shape index (κ2) is 8.51. The lowest BCUT2D eigenvalue weighted by Crippen LogP contribution is -2.37. The van der Waals surface area contributed by atoms with E-state index in [-0.39, 0.29) is 36.8 Å². The number of thioether (sulfide) groups is 2. The van der Waals surface area contributed by atoms with Crippen LogP contribution in [-0.2, 0) is 9.59 Å². The molecule has 0 aliphatic carbocycles. The Kier molecular flexibility index (Phi) is 6.83. The highest BCUT2D eigenvalue weighted by Gasteiger charge is 2.53. The molecule has 2 amide bonds. The zero-order valence-electron chi connectivity index (χ0n) is 13.4. The maximum Gasteiger partial charge on any atom is 0.573 e. The van der Waals surface area contributed by atoms with Gasteiger partial charge in [0.1, 0.15) is 9.83 Å². The van der Waals surface area contributed by atoms with Crippen molar-refractivity contribution in [3.8, 4) is 5.75 Å². The van der Waals surface area contributed by atoms with Crippen LogP contribution in [0.1, 0.15) is 6.42 Å². The van der Waals surface area contributed by atoms with Gasteiger partial charge in [0.15, 0.2) is 0 Å². The van der Waals surface area contributed by atoms with Crippen molar-refractivity contribution in [3.63, 3.8) is 0 Å². The minimum atomic E-state index is -4.84. The standard InChI is InChI=1S/C15H16F3NO5S2/c16-15(17,18)24-11-3-1-10(2-4-11)19-12(22)9-14(13(19)23,25-7-5-20)26-8-6-21/h1-4,20-21H,5-9H2. The van der Waals surface area contributed by atoms with Crippen LogP contribution in [0.2, 0.25) is 0 Å². The first-order valence-electron chi connectivity index (χ1n) is 7.45. The summed E-state index contributed by atoms with van der Waals surface area (Å²) in [5.74, 6) is -1.05. The molecule has 0 spiro atoms. The lowest BCUT2D eigenvalue weighted by molar-refractivity contribution is -0.274. The molecule has 0 bridgehead atoms. The number of carbonyl (C=O) groups excluding carboxylic acids is 2. The zero-order valence-corrected chi connectivity index (χ0v) is 15.0. The summed E-state index contributed by atoms with van der Waals surface area (Å²) in [7, 11) is 0. The van der Waals surface area contributed by atoms with Crippen molar-refractivity contribution >= 4 is 41.0 Å². The van der Waals surface area contributed by atoms with E-state index in [4.69, 9.17) is 10.2 Å². The molecule has 0 radical (unpaired) electrons. The highest BCUT2D eigenvalue weighted by atomic mass is 32.2. The predicted molar refractivity (Wildman–Crippen MR) is 92.1 cm³/mol. The number of halogens is 3. The van der Waals surface area contributed by atoms with Gasteiger partial charge in [-0.15, -0.1) is 36.7 Å². The molecule has 0 aromatic heterocycles. The number of anilines is 1. The van der Waals surface area contributed by atoms with Crippen LogP contribution in [0.3, 0.4) is 0 Å². The Balaban J connectivity index is 2.23. The molecule has 1 heterocycles. The van der Waals surface area contributed by atoms with Crippen LogP contribution < -0.4 is 9.64 Å².